The number of hydrogen-bond donors (Lipinski definition) is 1. The first-order valence-electron chi connectivity index (χ1n) is 7.57. The number of benzene rings is 1. The number of aryl methyl sites for hydroxylation is 1. The Morgan fingerprint density at radius 1 is 1.21 bits per heavy atom. The molecule has 0 spiro atoms. The summed E-state index contributed by atoms with van der Waals surface area (Å²) in [5.41, 5.74) is 1.63. The van der Waals surface area contributed by atoms with Gasteiger partial charge in [-0.3, -0.25) is 0 Å². The summed E-state index contributed by atoms with van der Waals surface area (Å²) in [5.74, 6) is 0.00953. The van der Waals surface area contributed by atoms with E-state index in [1.54, 1.807) is 11.0 Å². The molecule has 0 aliphatic carbocycles. The highest BCUT2D eigenvalue weighted by Crippen LogP contribution is 2.20. The van der Waals surface area contributed by atoms with Gasteiger partial charge >= 0.3 is 6.03 Å². The summed E-state index contributed by atoms with van der Waals surface area (Å²) in [5, 5.41) is 3.46. The van der Waals surface area contributed by atoms with Crippen molar-refractivity contribution in [3.05, 3.63) is 47.0 Å². The van der Waals surface area contributed by atoms with Gasteiger partial charge in [0.05, 0.1) is 12.4 Å². The number of halogens is 2. The molecule has 8 heteroatoms. The molecule has 3 rings (SSSR count). The zero-order valence-electron chi connectivity index (χ0n) is 13.2. The molecule has 1 fully saturated rings. The molecule has 1 aromatic carbocycles. The number of urea groups is 1. The van der Waals surface area contributed by atoms with Gasteiger partial charge in [0.25, 0.3) is 0 Å². The Hall–Kier alpha value is -2.41. The molecule has 1 aromatic heterocycles. The molecule has 1 aliphatic heterocycles. The lowest BCUT2D eigenvalue weighted by molar-refractivity contribution is 0.208. The number of nitrogens with one attached hydrogen (secondary N) is 1. The van der Waals surface area contributed by atoms with Crippen molar-refractivity contribution in [2.45, 2.75) is 6.92 Å². The first kappa shape index (κ1) is 16.4. The number of aromatic nitrogens is 2. The highest BCUT2D eigenvalue weighted by Gasteiger charge is 2.22. The first-order valence-corrected chi connectivity index (χ1v) is 7.95. The van der Waals surface area contributed by atoms with Crippen LogP contribution in [-0.4, -0.2) is 47.1 Å². The van der Waals surface area contributed by atoms with Crippen LogP contribution in [0.4, 0.5) is 20.8 Å². The van der Waals surface area contributed by atoms with E-state index in [0.717, 1.165) is 18.0 Å². The smallest absolute Gasteiger partial charge is 0.321 e. The molecule has 0 radical (unpaired) electrons. The van der Waals surface area contributed by atoms with Crippen LogP contribution < -0.4 is 10.2 Å². The highest BCUT2D eigenvalue weighted by molar-refractivity contribution is 6.31. The van der Waals surface area contributed by atoms with Crippen LogP contribution in [0.1, 0.15) is 5.56 Å². The molecule has 2 aromatic rings. The van der Waals surface area contributed by atoms with Crippen LogP contribution in [0.5, 0.6) is 0 Å². The van der Waals surface area contributed by atoms with E-state index in [-0.39, 0.29) is 6.03 Å². The normalized spacial score (nSPS) is 14.6. The number of carbonyl (C=O) groups excluding carboxylic acids is 1. The standard InChI is InChI=1S/C16H17ClFN5O/c1-11-2-3-13(8-14(11)17)21-16(24)23-6-4-22(5-7-23)15-19-9-12(18)10-20-15/h2-3,8-10H,4-7H2,1H3,(H,21,24). The summed E-state index contributed by atoms with van der Waals surface area (Å²) >= 11 is 6.07. The van der Waals surface area contributed by atoms with Gasteiger partial charge in [-0.2, -0.15) is 0 Å². The molecule has 0 unspecified atom stereocenters. The van der Waals surface area contributed by atoms with Crippen molar-refractivity contribution in [1.29, 1.82) is 0 Å². The fourth-order valence-corrected chi connectivity index (χ4v) is 2.63. The molecular weight excluding hydrogens is 333 g/mol. The second-order valence-electron chi connectivity index (χ2n) is 5.57. The molecule has 6 nitrogen and oxygen atoms in total. The van der Waals surface area contributed by atoms with Crippen LogP contribution >= 0.6 is 11.6 Å². The minimum Gasteiger partial charge on any atom is -0.337 e. The van der Waals surface area contributed by atoms with Crippen LogP contribution in [0.25, 0.3) is 0 Å². The number of carbonyl (C=O) groups is 1. The van der Waals surface area contributed by atoms with E-state index < -0.39 is 5.82 Å². The Balaban J connectivity index is 1.56. The summed E-state index contributed by atoms with van der Waals surface area (Å²) in [6, 6.07) is 5.25. The Morgan fingerprint density at radius 3 is 2.50 bits per heavy atom. The van der Waals surface area contributed by atoms with Crippen molar-refractivity contribution in [3.8, 4) is 0 Å². The van der Waals surface area contributed by atoms with Gasteiger partial charge in [-0.25, -0.2) is 19.2 Å². The summed E-state index contributed by atoms with van der Waals surface area (Å²) < 4.78 is 12.9. The molecular formula is C16H17ClFN5O. The van der Waals surface area contributed by atoms with Gasteiger partial charge in [-0.05, 0) is 24.6 Å². The van der Waals surface area contributed by atoms with E-state index >= 15 is 0 Å². The first-order chi connectivity index (χ1) is 11.5. The van der Waals surface area contributed by atoms with Crippen molar-refractivity contribution in [1.82, 2.24) is 14.9 Å². The van der Waals surface area contributed by atoms with E-state index in [4.69, 9.17) is 11.6 Å². The minimum absolute atomic E-state index is 0.172. The third-order valence-corrected chi connectivity index (χ3v) is 4.29. The molecule has 24 heavy (non-hydrogen) atoms. The summed E-state index contributed by atoms with van der Waals surface area (Å²) in [7, 11) is 0. The lowest BCUT2D eigenvalue weighted by Gasteiger charge is -2.34. The van der Waals surface area contributed by atoms with Crippen LogP contribution in [0.2, 0.25) is 5.02 Å². The minimum atomic E-state index is -0.464. The zero-order valence-corrected chi connectivity index (χ0v) is 13.9. The molecule has 0 atom stereocenters. The van der Waals surface area contributed by atoms with E-state index in [2.05, 4.69) is 15.3 Å². The largest absolute Gasteiger partial charge is 0.337 e. The van der Waals surface area contributed by atoms with E-state index in [1.165, 1.54) is 0 Å². The fourth-order valence-electron chi connectivity index (χ4n) is 2.45. The number of rotatable bonds is 2. The Bertz CT molecular complexity index is 732. The fraction of sp³-hybridized carbons (Fsp3) is 0.312. The monoisotopic (exact) mass is 349 g/mol. The van der Waals surface area contributed by atoms with E-state index in [1.807, 2.05) is 24.0 Å². The van der Waals surface area contributed by atoms with Crippen molar-refractivity contribution in [2.24, 2.45) is 0 Å². The molecule has 1 saturated heterocycles. The molecule has 1 N–H and O–H groups in total. The van der Waals surface area contributed by atoms with E-state index in [0.29, 0.717) is 42.8 Å². The summed E-state index contributed by atoms with van der Waals surface area (Å²) in [6.07, 6.45) is 2.28. The maximum Gasteiger partial charge on any atom is 0.321 e. The molecule has 126 valence electrons. The van der Waals surface area contributed by atoms with Crippen LogP contribution in [0.15, 0.2) is 30.6 Å². The van der Waals surface area contributed by atoms with Gasteiger partial charge in [0, 0.05) is 36.9 Å². The number of anilines is 2. The lowest BCUT2D eigenvalue weighted by Crippen LogP contribution is -2.50. The second kappa shape index (κ2) is 7.00. The van der Waals surface area contributed by atoms with Crippen LogP contribution in [-0.2, 0) is 0 Å². The third kappa shape index (κ3) is 3.73. The summed E-state index contributed by atoms with van der Waals surface area (Å²) in [6.45, 7) is 4.16. The predicted molar refractivity (Wildman–Crippen MR) is 91.0 cm³/mol. The average molecular weight is 350 g/mol. The summed E-state index contributed by atoms with van der Waals surface area (Å²) in [4.78, 5) is 23.9. The Morgan fingerprint density at radius 2 is 1.88 bits per heavy atom. The Kier molecular flexibility index (Phi) is 4.80. The quantitative estimate of drug-likeness (QED) is 0.905. The van der Waals surface area contributed by atoms with Gasteiger partial charge in [-0.1, -0.05) is 17.7 Å². The topological polar surface area (TPSA) is 61.4 Å². The molecule has 2 heterocycles. The Labute approximate surface area is 144 Å². The second-order valence-corrected chi connectivity index (χ2v) is 5.98. The number of nitrogens with zero attached hydrogens (tertiary/aromatic N) is 4. The number of amides is 2. The SMILES string of the molecule is Cc1ccc(NC(=O)N2CCN(c3ncc(F)cn3)CC2)cc1Cl. The van der Waals surface area contributed by atoms with E-state index in [9.17, 15) is 9.18 Å². The maximum absolute atomic E-state index is 12.9. The van der Waals surface area contributed by atoms with Gasteiger partial charge in [0.15, 0.2) is 5.82 Å². The molecule has 1 aliphatic rings. The van der Waals surface area contributed by atoms with Crippen molar-refractivity contribution in [2.75, 3.05) is 36.4 Å². The van der Waals surface area contributed by atoms with Crippen LogP contribution in [0.3, 0.4) is 0 Å². The van der Waals surface area contributed by atoms with Gasteiger partial charge in [0.1, 0.15) is 0 Å². The predicted octanol–water partition coefficient (Wildman–Crippen LogP) is 2.93. The van der Waals surface area contributed by atoms with Crippen molar-refractivity contribution >= 4 is 29.3 Å². The van der Waals surface area contributed by atoms with Gasteiger partial charge in [0.2, 0.25) is 5.95 Å². The van der Waals surface area contributed by atoms with Crippen molar-refractivity contribution in [3.63, 3.8) is 0 Å². The van der Waals surface area contributed by atoms with Crippen molar-refractivity contribution < 1.29 is 9.18 Å². The highest BCUT2D eigenvalue weighted by atomic mass is 35.5. The molecule has 0 bridgehead atoms. The average Bonchev–Trinajstić information content (AvgIpc) is 2.59. The third-order valence-electron chi connectivity index (χ3n) is 3.88. The number of hydrogen-bond acceptors (Lipinski definition) is 4. The lowest BCUT2D eigenvalue weighted by atomic mass is 10.2. The maximum atomic E-state index is 12.9. The number of piperazine rings is 1. The van der Waals surface area contributed by atoms with Gasteiger partial charge in [-0.15, -0.1) is 0 Å². The molecule has 0 saturated carbocycles. The zero-order chi connectivity index (χ0) is 17.1. The molecule has 2 amide bonds. The van der Waals surface area contributed by atoms with Gasteiger partial charge < -0.3 is 15.1 Å². The van der Waals surface area contributed by atoms with Crippen LogP contribution in [0, 0.1) is 12.7 Å².